The van der Waals surface area contributed by atoms with Crippen LogP contribution in [0.3, 0.4) is 0 Å². The topological polar surface area (TPSA) is 64.9 Å². The predicted molar refractivity (Wildman–Crippen MR) is 129 cm³/mol. The number of benzene rings is 3. The molecule has 9 heteroatoms. The number of halogens is 4. The molecule has 0 saturated heterocycles. The first-order valence-corrected chi connectivity index (χ1v) is 11.4. The predicted octanol–water partition coefficient (Wildman–Crippen LogP) is 5.67. The summed E-state index contributed by atoms with van der Waals surface area (Å²) in [6, 6.07) is 20.4. The monoisotopic (exact) mass is 501 g/mol. The second-order valence-electron chi connectivity index (χ2n) is 8.22. The van der Waals surface area contributed by atoms with E-state index < -0.39 is 12.1 Å². The molecule has 1 aliphatic heterocycles. The fourth-order valence-corrected chi connectivity index (χ4v) is 4.46. The van der Waals surface area contributed by atoms with Crippen molar-refractivity contribution in [2.75, 3.05) is 18.4 Å². The lowest BCUT2D eigenvalue weighted by molar-refractivity contribution is -0.185. The van der Waals surface area contributed by atoms with E-state index in [-0.39, 0.29) is 19.5 Å². The molecule has 2 N–H and O–H groups in total. The van der Waals surface area contributed by atoms with E-state index in [1.165, 1.54) is 0 Å². The molecule has 4 rings (SSSR count). The summed E-state index contributed by atoms with van der Waals surface area (Å²) in [5, 5.41) is 16.7. The Balaban J connectivity index is 1.48. The van der Waals surface area contributed by atoms with Crippen LogP contribution in [0.25, 0.3) is 0 Å². The minimum absolute atomic E-state index is 0.00400. The summed E-state index contributed by atoms with van der Waals surface area (Å²) in [6.45, 7) is 0.403. The molecule has 0 spiro atoms. The number of hydrogen-bond acceptors (Lipinski definition) is 4. The zero-order valence-electron chi connectivity index (χ0n) is 18.6. The summed E-state index contributed by atoms with van der Waals surface area (Å²) in [5.74, 6) is -1.81. The number of nitrogens with one attached hydrogen (secondary N) is 1. The Kier molecular flexibility index (Phi) is 7.31. The van der Waals surface area contributed by atoms with Gasteiger partial charge in [-0.3, -0.25) is 4.79 Å². The van der Waals surface area contributed by atoms with E-state index in [1.54, 1.807) is 12.1 Å². The Morgan fingerprint density at radius 1 is 0.971 bits per heavy atom. The number of oxime groups is 1. The number of rotatable bonds is 5. The summed E-state index contributed by atoms with van der Waals surface area (Å²) >= 11 is 6.44. The molecule has 182 valence electrons. The molecule has 0 fully saturated rings. The maximum atomic E-state index is 12.9. The molecule has 5 nitrogen and oxygen atoms in total. The molecule has 0 aliphatic carbocycles. The van der Waals surface area contributed by atoms with Gasteiger partial charge < -0.3 is 15.4 Å². The first-order chi connectivity index (χ1) is 16.8. The standard InChI is InChI=1S/C26H23ClF3N3O2/c27-22-11-10-18-12-14-33(25(34)26(28,29)30)15-13-21(18)24(22)31-16-17-6-8-20(9-7-17)23(32-35)19-4-2-1-3-5-19/h1-11,31,35H,12-16H2. The van der Waals surface area contributed by atoms with Crippen molar-refractivity contribution >= 4 is 28.9 Å². The van der Waals surface area contributed by atoms with Gasteiger partial charge in [0.25, 0.3) is 0 Å². The normalized spacial score (nSPS) is 14.3. The molecule has 35 heavy (non-hydrogen) atoms. The molecule has 0 radical (unpaired) electrons. The second-order valence-corrected chi connectivity index (χ2v) is 8.62. The van der Waals surface area contributed by atoms with Crippen LogP contribution in [0.5, 0.6) is 0 Å². The Labute approximate surface area is 205 Å². The van der Waals surface area contributed by atoms with Crippen molar-refractivity contribution in [3.05, 3.63) is 99.6 Å². The van der Waals surface area contributed by atoms with Crippen LogP contribution in [0.2, 0.25) is 5.02 Å². The number of carbonyl (C=O) groups is 1. The Morgan fingerprint density at radius 3 is 2.29 bits per heavy atom. The van der Waals surface area contributed by atoms with Crippen molar-refractivity contribution in [3.63, 3.8) is 0 Å². The molecule has 0 unspecified atom stereocenters. The molecule has 1 aliphatic rings. The fourth-order valence-electron chi connectivity index (χ4n) is 4.22. The summed E-state index contributed by atoms with van der Waals surface area (Å²) < 4.78 is 38.7. The molecule has 0 aromatic heterocycles. The van der Waals surface area contributed by atoms with Crippen molar-refractivity contribution in [1.29, 1.82) is 0 Å². The quantitative estimate of drug-likeness (QED) is 0.269. The van der Waals surface area contributed by atoms with Crippen LogP contribution in [0.1, 0.15) is 27.8 Å². The molecule has 0 bridgehead atoms. The zero-order chi connectivity index (χ0) is 25.0. The summed E-state index contributed by atoms with van der Waals surface area (Å²) in [4.78, 5) is 12.6. The third-order valence-corrected chi connectivity index (χ3v) is 6.33. The van der Waals surface area contributed by atoms with Gasteiger partial charge in [-0.1, -0.05) is 77.4 Å². The fraction of sp³-hybridized carbons (Fsp3) is 0.231. The van der Waals surface area contributed by atoms with E-state index >= 15 is 0 Å². The largest absolute Gasteiger partial charge is 0.471 e. The lowest BCUT2D eigenvalue weighted by atomic mass is 10.00. The highest BCUT2D eigenvalue weighted by Gasteiger charge is 2.42. The van der Waals surface area contributed by atoms with Gasteiger partial charge in [0.05, 0.1) is 10.7 Å². The number of hydrogen-bond donors (Lipinski definition) is 2. The highest BCUT2D eigenvalue weighted by atomic mass is 35.5. The zero-order valence-corrected chi connectivity index (χ0v) is 19.4. The molecule has 3 aromatic carbocycles. The van der Waals surface area contributed by atoms with Crippen LogP contribution in [0, 0.1) is 0 Å². The van der Waals surface area contributed by atoms with Gasteiger partial charge in [0.2, 0.25) is 0 Å². The maximum Gasteiger partial charge on any atom is 0.471 e. The van der Waals surface area contributed by atoms with E-state index in [4.69, 9.17) is 11.6 Å². The van der Waals surface area contributed by atoms with Gasteiger partial charge in [-0.25, -0.2) is 0 Å². The van der Waals surface area contributed by atoms with Crippen LogP contribution >= 0.6 is 11.6 Å². The smallest absolute Gasteiger partial charge is 0.410 e. The third-order valence-electron chi connectivity index (χ3n) is 6.02. The number of fused-ring (bicyclic) bond motifs is 1. The second kappa shape index (κ2) is 10.4. The number of nitrogens with zero attached hydrogens (tertiary/aromatic N) is 2. The van der Waals surface area contributed by atoms with E-state index in [1.807, 2.05) is 54.6 Å². The van der Waals surface area contributed by atoms with Crippen molar-refractivity contribution in [3.8, 4) is 0 Å². The van der Waals surface area contributed by atoms with Gasteiger partial charge >= 0.3 is 12.1 Å². The van der Waals surface area contributed by atoms with E-state index in [9.17, 15) is 23.2 Å². The summed E-state index contributed by atoms with van der Waals surface area (Å²) in [6.07, 6.45) is -4.30. The minimum atomic E-state index is -4.89. The van der Waals surface area contributed by atoms with Crippen LogP contribution in [0.15, 0.2) is 71.9 Å². The molecule has 3 aromatic rings. The highest BCUT2D eigenvalue weighted by molar-refractivity contribution is 6.33. The van der Waals surface area contributed by atoms with Gasteiger partial charge in [0.1, 0.15) is 5.71 Å². The number of anilines is 1. The Bertz CT molecular complexity index is 1230. The van der Waals surface area contributed by atoms with Crippen molar-refractivity contribution in [2.45, 2.75) is 25.6 Å². The van der Waals surface area contributed by atoms with Crippen LogP contribution in [-0.4, -0.2) is 41.0 Å². The van der Waals surface area contributed by atoms with Crippen molar-refractivity contribution in [2.24, 2.45) is 5.16 Å². The highest BCUT2D eigenvalue weighted by Crippen LogP contribution is 2.33. The van der Waals surface area contributed by atoms with Gasteiger partial charge in [0.15, 0.2) is 0 Å². The number of alkyl halides is 3. The first-order valence-electron chi connectivity index (χ1n) is 11.0. The SMILES string of the molecule is O=C(N1CCc2ccc(Cl)c(NCc3ccc(C(=NO)c4ccccc4)cc3)c2CC1)C(F)(F)F. The van der Waals surface area contributed by atoms with Gasteiger partial charge in [-0.2, -0.15) is 13.2 Å². The molecular weight excluding hydrogens is 479 g/mol. The molecule has 1 heterocycles. The van der Waals surface area contributed by atoms with E-state index in [2.05, 4.69) is 10.5 Å². The summed E-state index contributed by atoms with van der Waals surface area (Å²) in [5.41, 5.74) is 5.30. The number of carbonyl (C=O) groups excluding carboxylic acids is 1. The minimum Gasteiger partial charge on any atom is -0.410 e. The maximum absolute atomic E-state index is 12.9. The molecule has 1 amide bonds. The molecule has 0 saturated carbocycles. The average Bonchev–Trinajstić information content (AvgIpc) is 3.07. The Hall–Kier alpha value is -3.52. The lowest BCUT2D eigenvalue weighted by Crippen LogP contribution is -2.42. The van der Waals surface area contributed by atoms with Crippen LogP contribution in [0.4, 0.5) is 18.9 Å². The van der Waals surface area contributed by atoms with Gasteiger partial charge in [-0.15, -0.1) is 0 Å². The molecular formula is C26H23ClF3N3O2. The number of amides is 1. The molecule has 0 atom stereocenters. The first kappa shape index (κ1) is 24.6. The van der Waals surface area contributed by atoms with Crippen LogP contribution < -0.4 is 5.32 Å². The summed E-state index contributed by atoms with van der Waals surface area (Å²) in [7, 11) is 0. The van der Waals surface area contributed by atoms with Crippen LogP contribution in [-0.2, 0) is 24.2 Å². The van der Waals surface area contributed by atoms with Gasteiger partial charge in [0, 0.05) is 30.8 Å². The Morgan fingerprint density at radius 2 is 1.63 bits per heavy atom. The van der Waals surface area contributed by atoms with E-state index in [0.29, 0.717) is 29.4 Å². The van der Waals surface area contributed by atoms with Crippen molar-refractivity contribution < 1.29 is 23.2 Å². The van der Waals surface area contributed by atoms with Crippen molar-refractivity contribution in [1.82, 2.24) is 4.90 Å². The average molecular weight is 502 g/mol. The van der Waals surface area contributed by atoms with E-state index in [0.717, 1.165) is 32.7 Å². The lowest BCUT2D eigenvalue weighted by Gasteiger charge is -2.21. The van der Waals surface area contributed by atoms with Gasteiger partial charge in [-0.05, 0) is 35.6 Å². The third kappa shape index (κ3) is 5.59.